The zero-order valence-electron chi connectivity index (χ0n) is 14.2. The predicted octanol–water partition coefficient (Wildman–Crippen LogP) is 2.05. The molecule has 1 aromatic heterocycles. The molecule has 2 rings (SSSR count). The second-order valence-corrected chi connectivity index (χ2v) is 5.97. The molecular formula is C18H23N3O3. The molecule has 0 saturated carbocycles. The van der Waals surface area contributed by atoms with Crippen molar-refractivity contribution in [1.29, 1.82) is 0 Å². The van der Waals surface area contributed by atoms with E-state index in [4.69, 9.17) is 0 Å². The maximum atomic E-state index is 12.2. The van der Waals surface area contributed by atoms with Gasteiger partial charge in [-0.1, -0.05) is 37.3 Å². The summed E-state index contributed by atoms with van der Waals surface area (Å²) < 4.78 is 1.61. The highest BCUT2D eigenvalue weighted by Gasteiger charge is 2.38. The van der Waals surface area contributed by atoms with Crippen molar-refractivity contribution >= 4 is 11.9 Å². The molecule has 2 N–H and O–H groups in total. The van der Waals surface area contributed by atoms with Crippen LogP contribution >= 0.6 is 0 Å². The number of benzene rings is 1. The average molecular weight is 329 g/mol. The Morgan fingerprint density at radius 2 is 1.92 bits per heavy atom. The average Bonchev–Trinajstić information content (AvgIpc) is 2.86. The summed E-state index contributed by atoms with van der Waals surface area (Å²) in [7, 11) is 0. The standard InChI is InChI=1S/C18H23N3O3/c1-4-18(17(23)24,15-8-6-5-7-9-15)12-19-16(22)11-21-14(3)10-13(2)20-21/h5-10H,4,11-12H2,1-3H3,(H,19,22)(H,23,24). The molecule has 0 bridgehead atoms. The monoisotopic (exact) mass is 329 g/mol. The fraction of sp³-hybridized carbons (Fsp3) is 0.389. The molecule has 1 amide bonds. The van der Waals surface area contributed by atoms with Crippen LogP contribution in [0.4, 0.5) is 0 Å². The van der Waals surface area contributed by atoms with Crippen LogP contribution < -0.4 is 5.32 Å². The fourth-order valence-corrected chi connectivity index (χ4v) is 2.82. The molecule has 0 saturated heterocycles. The van der Waals surface area contributed by atoms with Crippen LogP contribution in [0.15, 0.2) is 36.4 Å². The summed E-state index contributed by atoms with van der Waals surface area (Å²) in [5.74, 6) is -1.20. The molecular weight excluding hydrogens is 306 g/mol. The van der Waals surface area contributed by atoms with E-state index in [9.17, 15) is 14.7 Å². The lowest BCUT2D eigenvalue weighted by Gasteiger charge is -2.29. The Kier molecular flexibility index (Phi) is 5.39. The highest BCUT2D eigenvalue weighted by atomic mass is 16.4. The van der Waals surface area contributed by atoms with Crippen molar-refractivity contribution in [2.75, 3.05) is 6.54 Å². The second-order valence-electron chi connectivity index (χ2n) is 5.97. The van der Waals surface area contributed by atoms with Gasteiger partial charge in [0.2, 0.25) is 5.91 Å². The van der Waals surface area contributed by atoms with Gasteiger partial charge < -0.3 is 10.4 Å². The first kappa shape index (κ1) is 17.7. The van der Waals surface area contributed by atoms with Crippen molar-refractivity contribution in [2.24, 2.45) is 0 Å². The number of carboxylic acids is 1. The van der Waals surface area contributed by atoms with Crippen molar-refractivity contribution in [1.82, 2.24) is 15.1 Å². The summed E-state index contributed by atoms with van der Waals surface area (Å²) >= 11 is 0. The maximum absolute atomic E-state index is 12.2. The summed E-state index contributed by atoms with van der Waals surface area (Å²) in [5.41, 5.74) is 1.29. The van der Waals surface area contributed by atoms with E-state index in [0.717, 1.165) is 11.4 Å². The maximum Gasteiger partial charge on any atom is 0.315 e. The number of aliphatic carboxylic acids is 1. The van der Waals surface area contributed by atoms with E-state index >= 15 is 0 Å². The van der Waals surface area contributed by atoms with Crippen LogP contribution in [0.1, 0.15) is 30.3 Å². The van der Waals surface area contributed by atoms with Crippen LogP contribution in [0.5, 0.6) is 0 Å². The summed E-state index contributed by atoms with van der Waals surface area (Å²) in [6.45, 7) is 5.68. The van der Waals surface area contributed by atoms with Crippen molar-refractivity contribution in [3.8, 4) is 0 Å². The Hall–Kier alpha value is -2.63. The molecule has 0 aliphatic rings. The molecule has 1 heterocycles. The van der Waals surface area contributed by atoms with E-state index in [1.807, 2.05) is 32.9 Å². The zero-order chi connectivity index (χ0) is 17.7. The zero-order valence-corrected chi connectivity index (χ0v) is 14.2. The lowest BCUT2D eigenvalue weighted by Crippen LogP contribution is -2.47. The molecule has 0 fully saturated rings. The molecule has 6 nitrogen and oxygen atoms in total. The van der Waals surface area contributed by atoms with Gasteiger partial charge in [0.05, 0.1) is 5.69 Å². The lowest BCUT2D eigenvalue weighted by molar-refractivity contribution is -0.144. The van der Waals surface area contributed by atoms with Gasteiger partial charge >= 0.3 is 5.97 Å². The largest absolute Gasteiger partial charge is 0.481 e. The van der Waals surface area contributed by atoms with Gasteiger partial charge in [0.25, 0.3) is 0 Å². The van der Waals surface area contributed by atoms with Gasteiger partial charge in [0.15, 0.2) is 0 Å². The van der Waals surface area contributed by atoms with Gasteiger partial charge in [-0.05, 0) is 31.9 Å². The first-order valence-corrected chi connectivity index (χ1v) is 7.95. The summed E-state index contributed by atoms with van der Waals surface area (Å²) in [6.07, 6.45) is 0.381. The van der Waals surface area contributed by atoms with Gasteiger partial charge in [-0.2, -0.15) is 5.10 Å². The Labute approximate surface area is 141 Å². The molecule has 128 valence electrons. The van der Waals surface area contributed by atoms with E-state index < -0.39 is 11.4 Å². The van der Waals surface area contributed by atoms with Crippen LogP contribution in [0.3, 0.4) is 0 Å². The molecule has 0 radical (unpaired) electrons. The number of nitrogens with zero attached hydrogens (tertiary/aromatic N) is 2. The Morgan fingerprint density at radius 1 is 1.25 bits per heavy atom. The van der Waals surface area contributed by atoms with Gasteiger partial charge in [0, 0.05) is 12.2 Å². The lowest BCUT2D eigenvalue weighted by atomic mass is 9.78. The molecule has 1 unspecified atom stereocenters. The minimum absolute atomic E-state index is 0.0426. The highest BCUT2D eigenvalue weighted by Crippen LogP contribution is 2.27. The van der Waals surface area contributed by atoms with Crippen LogP contribution in [0.2, 0.25) is 0 Å². The number of hydrogen-bond acceptors (Lipinski definition) is 3. The smallest absolute Gasteiger partial charge is 0.315 e. The fourth-order valence-electron chi connectivity index (χ4n) is 2.82. The topological polar surface area (TPSA) is 84.2 Å². The van der Waals surface area contributed by atoms with Crippen molar-refractivity contribution in [3.05, 3.63) is 53.3 Å². The van der Waals surface area contributed by atoms with Crippen molar-refractivity contribution in [3.63, 3.8) is 0 Å². The Bertz CT molecular complexity index is 724. The van der Waals surface area contributed by atoms with Gasteiger partial charge in [-0.3, -0.25) is 14.3 Å². The van der Waals surface area contributed by atoms with Crippen molar-refractivity contribution < 1.29 is 14.7 Å². The Balaban J connectivity index is 2.12. The summed E-state index contributed by atoms with van der Waals surface area (Å²) in [6, 6.07) is 10.9. The van der Waals surface area contributed by atoms with Crippen LogP contribution in [-0.4, -0.2) is 33.3 Å². The molecule has 1 aromatic carbocycles. The number of aromatic nitrogens is 2. The second kappa shape index (κ2) is 7.29. The molecule has 2 aromatic rings. The number of carbonyl (C=O) groups excluding carboxylic acids is 1. The minimum atomic E-state index is -1.13. The van der Waals surface area contributed by atoms with E-state index in [0.29, 0.717) is 12.0 Å². The molecule has 0 aliphatic heterocycles. The quantitative estimate of drug-likeness (QED) is 0.814. The third kappa shape index (κ3) is 3.64. The SMILES string of the molecule is CCC(CNC(=O)Cn1nc(C)cc1C)(C(=O)O)c1ccccc1. The minimum Gasteiger partial charge on any atom is -0.481 e. The number of amides is 1. The number of aryl methyl sites for hydroxylation is 2. The first-order chi connectivity index (χ1) is 11.4. The molecule has 0 aliphatic carbocycles. The molecule has 1 atom stereocenters. The van der Waals surface area contributed by atoms with E-state index in [1.54, 1.807) is 28.9 Å². The normalized spacial score (nSPS) is 13.3. The van der Waals surface area contributed by atoms with Crippen LogP contribution in [-0.2, 0) is 21.5 Å². The third-order valence-electron chi connectivity index (χ3n) is 4.32. The Morgan fingerprint density at radius 3 is 2.42 bits per heavy atom. The molecule has 0 spiro atoms. The van der Waals surface area contributed by atoms with Crippen LogP contribution in [0, 0.1) is 13.8 Å². The third-order valence-corrected chi connectivity index (χ3v) is 4.32. The van der Waals surface area contributed by atoms with Crippen molar-refractivity contribution in [2.45, 2.75) is 39.2 Å². The number of nitrogens with one attached hydrogen (secondary N) is 1. The number of carboxylic acid groups (broad SMARTS) is 1. The van der Waals surface area contributed by atoms with Gasteiger partial charge in [0.1, 0.15) is 12.0 Å². The van der Waals surface area contributed by atoms with E-state index in [1.165, 1.54) is 0 Å². The molecule has 24 heavy (non-hydrogen) atoms. The van der Waals surface area contributed by atoms with E-state index in [2.05, 4.69) is 10.4 Å². The summed E-state index contributed by atoms with van der Waals surface area (Å²) in [5, 5.41) is 16.8. The van der Waals surface area contributed by atoms with Gasteiger partial charge in [-0.15, -0.1) is 0 Å². The highest BCUT2D eigenvalue weighted by molar-refractivity contribution is 5.83. The first-order valence-electron chi connectivity index (χ1n) is 7.95. The van der Waals surface area contributed by atoms with Gasteiger partial charge in [-0.25, -0.2) is 0 Å². The van der Waals surface area contributed by atoms with Crippen LogP contribution in [0.25, 0.3) is 0 Å². The number of hydrogen-bond donors (Lipinski definition) is 2. The van der Waals surface area contributed by atoms with E-state index in [-0.39, 0.29) is 19.0 Å². The number of rotatable bonds is 7. The number of carbonyl (C=O) groups is 2. The summed E-state index contributed by atoms with van der Waals surface area (Å²) in [4.78, 5) is 24.1. The predicted molar refractivity (Wildman–Crippen MR) is 90.8 cm³/mol. The molecule has 6 heteroatoms.